The van der Waals surface area contributed by atoms with Crippen molar-refractivity contribution in [3.05, 3.63) is 0 Å². The summed E-state index contributed by atoms with van der Waals surface area (Å²) in [6.07, 6.45) is -1.31. The third-order valence-electron chi connectivity index (χ3n) is 5.90. The molecule has 0 aromatic carbocycles. The van der Waals surface area contributed by atoms with Gasteiger partial charge in [-0.15, -0.1) is 0 Å². The van der Waals surface area contributed by atoms with E-state index in [9.17, 15) is 4.79 Å². The van der Waals surface area contributed by atoms with Gasteiger partial charge in [-0.3, -0.25) is 0 Å². The number of carbonyl (C=O) groups is 1. The lowest BCUT2D eigenvalue weighted by Gasteiger charge is -2.49. The topological polar surface area (TPSA) is 66.5 Å². The molecule has 0 aromatic rings. The third kappa shape index (κ3) is 3.12. The fourth-order valence-electron chi connectivity index (χ4n) is 3.27. The number of ether oxygens (including phenoxy) is 4. The highest BCUT2D eigenvalue weighted by Crippen LogP contribution is 2.46. The maximum absolute atomic E-state index is 12.1. The Hall–Kier alpha value is -0.673. The molecule has 0 aromatic heterocycles. The molecule has 3 heterocycles. The second-order valence-corrected chi connectivity index (χ2v) is 14.0. The van der Waals surface area contributed by atoms with Crippen molar-refractivity contribution in [3.63, 3.8) is 0 Å². The molecular weight excluding hydrogens is 342 g/mol. The number of carbonyl (C=O) groups excluding carboxylic acids is 1. The monoisotopic (exact) mass is 373 g/mol. The van der Waals surface area contributed by atoms with Crippen LogP contribution in [0.3, 0.4) is 0 Å². The SMILES string of the molecule is CN1C(=O)OC2[C@H]1CO[C@]1(COC(C)(C)O1)[C@H]2O[Si](C)(C)C(C)(C)C. The molecule has 0 radical (unpaired) electrons. The van der Waals surface area contributed by atoms with Crippen LogP contribution < -0.4 is 0 Å². The van der Waals surface area contributed by atoms with Gasteiger partial charge >= 0.3 is 6.09 Å². The van der Waals surface area contributed by atoms with Gasteiger partial charge in [-0.1, -0.05) is 20.8 Å². The van der Waals surface area contributed by atoms with E-state index in [0.29, 0.717) is 6.61 Å². The van der Waals surface area contributed by atoms with Crippen molar-refractivity contribution < 1.29 is 28.2 Å². The van der Waals surface area contributed by atoms with Crippen LogP contribution in [-0.4, -0.2) is 69.4 Å². The molecular formula is C17H31NO6Si. The summed E-state index contributed by atoms with van der Waals surface area (Å²) in [4.78, 5) is 13.7. The van der Waals surface area contributed by atoms with Crippen molar-refractivity contribution in [1.29, 1.82) is 0 Å². The number of rotatable bonds is 2. The Bertz CT molecular complexity index is 560. The largest absolute Gasteiger partial charge is 0.441 e. The Labute approximate surface area is 151 Å². The molecule has 0 bridgehead atoms. The molecule has 3 saturated heterocycles. The summed E-state index contributed by atoms with van der Waals surface area (Å²) in [6, 6.07) is -0.180. The summed E-state index contributed by atoms with van der Waals surface area (Å²) >= 11 is 0. The van der Waals surface area contributed by atoms with Crippen LogP contribution in [0.4, 0.5) is 4.79 Å². The first-order valence-corrected chi connectivity index (χ1v) is 11.8. The Balaban J connectivity index is 1.96. The number of hydrogen-bond acceptors (Lipinski definition) is 6. The first-order chi connectivity index (χ1) is 11.3. The van der Waals surface area contributed by atoms with Crippen LogP contribution in [0.25, 0.3) is 0 Å². The first-order valence-electron chi connectivity index (χ1n) is 8.87. The maximum atomic E-state index is 12.1. The predicted octanol–water partition coefficient (Wildman–Crippen LogP) is 2.71. The zero-order chi connectivity index (χ0) is 18.8. The minimum atomic E-state index is -2.16. The van der Waals surface area contributed by atoms with E-state index < -0.39 is 32.1 Å². The highest BCUT2D eigenvalue weighted by Gasteiger charge is 2.64. The molecule has 1 amide bonds. The molecule has 0 aliphatic carbocycles. The van der Waals surface area contributed by atoms with Gasteiger partial charge in [0.05, 0.1) is 12.6 Å². The summed E-state index contributed by atoms with van der Waals surface area (Å²) in [5, 5.41) is 0.00459. The first kappa shape index (κ1) is 19.1. The number of nitrogens with zero attached hydrogens (tertiary/aromatic N) is 1. The van der Waals surface area contributed by atoms with Crippen molar-refractivity contribution in [3.8, 4) is 0 Å². The highest BCUT2D eigenvalue weighted by atomic mass is 28.4. The molecule has 3 fully saturated rings. The van der Waals surface area contributed by atoms with Gasteiger partial charge in [0.25, 0.3) is 0 Å². The molecule has 1 unspecified atom stereocenters. The zero-order valence-corrected chi connectivity index (χ0v) is 17.5. The molecule has 0 saturated carbocycles. The molecule has 3 aliphatic heterocycles. The fourth-order valence-corrected chi connectivity index (χ4v) is 4.58. The number of likely N-dealkylation sites (N-methyl/N-ethyl adjacent to an activating group) is 1. The van der Waals surface area contributed by atoms with Crippen molar-refractivity contribution in [2.24, 2.45) is 0 Å². The Morgan fingerprint density at radius 1 is 1.24 bits per heavy atom. The van der Waals surface area contributed by atoms with E-state index in [-0.39, 0.29) is 23.8 Å². The predicted molar refractivity (Wildman–Crippen MR) is 93.7 cm³/mol. The summed E-state index contributed by atoms with van der Waals surface area (Å²) in [5.74, 6) is -1.82. The average molecular weight is 374 g/mol. The van der Waals surface area contributed by atoms with Gasteiger partial charge in [0, 0.05) is 7.05 Å². The van der Waals surface area contributed by atoms with E-state index in [4.69, 9.17) is 23.4 Å². The zero-order valence-electron chi connectivity index (χ0n) is 16.5. The summed E-state index contributed by atoms with van der Waals surface area (Å²) in [6.45, 7) is 15.2. The van der Waals surface area contributed by atoms with Crippen molar-refractivity contribution in [1.82, 2.24) is 4.90 Å². The Morgan fingerprint density at radius 3 is 2.40 bits per heavy atom. The van der Waals surface area contributed by atoms with E-state index in [1.165, 1.54) is 0 Å². The van der Waals surface area contributed by atoms with Crippen LogP contribution >= 0.6 is 0 Å². The second kappa shape index (κ2) is 5.66. The Morgan fingerprint density at radius 2 is 1.88 bits per heavy atom. The lowest BCUT2D eigenvalue weighted by atomic mass is 9.95. The van der Waals surface area contributed by atoms with Crippen molar-refractivity contribution in [2.75, 3.05) is 20.3 Å². The lowest BCUT2D eigenvalue weighted by Crippen LogP contribution is -2.66. The van der Waals surface area contributed by atoms with E-state index in [1.807, 2.05) is 13.8 Å². The van der Waals surface area contributed by atoms with E-state index in [2.05, 4.69) is 33.9 Å². The molecule has 144 valence electrons. The Kier molecular flexibility index (Phi) is 4.32. The van der Waals surface area contributed by atoms with Gasteiger partial charge in [0.2, 0.25) is 5.79 Å². The van der Waals surface area contributed by atoms with Crippen LogP contribution in [-0.2, 0) is 23.4 Å². The van der Waals surface area contributed by atoms with E-state index in [1.54, 1.807) is 11.9 Å². The van der Waals surface area contributed by atoms with Gasteiger partial charge in [-0.2, -0.15) is 0 Å². The van der Waals surface area contributed by atoms with Gasteiger partial charge in [0.1, 0.15) is 12.7 Å². The molecule has 25 heavy (non-hydrogen) atoms. The maximum Gasteiger partial charge on any atom is 0.410 e. The quantitative estimate of drug-likeness (QED) is 0.694. The molecule has 3 aliphatic rings. The fraction of sp³-hybridized carbons (Fsp3) is 0.941. The summed E-state index contributed by atoms with van der Waals surface area (Å²) in [5.41, 5.74) is 0. The molecule has 0 N–H and O–H groups in total. The smallest absolute Gasteiger partial charge is 0.410 e. The summed E-state index contributed by atoms with van der Waals surface area (Å²) < 4.78 is 30.5. The van der Waals surface area contributed by atoms with Crippen LogP contribution in [0.1, 0.15) is 34.6 Å². The van der Waals surface area contributed by atoms with Gasteiger partial charge < -0.3 is 28.3 Å². The third-order valence-corrected chi connectivity index (χ3v) is 10.4. The normalized spacial score (nSPS) is 38.2. The van der Waals surface area contributed by atoms with Gasteiger partial charge in [-0.25, -0.2) is 4.79 Å². The minimum Gasteiger partial charge on any atom is -0.441 e. The summed E-state index contributed by atoms with van der Waals surface area (Å²) in [7, 11) is -0.432. The lowest BCUT2D eigenvalue weighted by molar-refractivity contribution is -0.318. The van der Waals surface area contributed by atoms with Crippen LogP contribution in [0.5, 0.6) is 0 Å². The molecule has 3 rings (SSSR count). The standard InChI is InChI=1S/C17H31NO6Si/c1-15(2,3)25(7,8)23-13-12-11(18(6)14(19)22-12)9-20-17(13)10-21-16(4,5)24-17/h11-13H,9-10H2,1-8H3/t11-,12?,13+,17+/m1/s1. The van der Waals surface area contributed by atoms with Crippen LogP contribution in [0, 0.1) is 0 Å². The second-order valence-electron chi connectivity index (χ2n) is 9.24. The average Bonchev–Trinajstić information content (AvgIpc) is 2.91. The van der Waals surface area contributed by atoms with Crippen molar-refractivity contribution in [2.45, 2.75) is 82.6 Å². The van der Waals surface area contributed by atoms with Gasteiger partial charge in [-0.05, 0) is 32.0 Å². The number of amides is 1. The van der Waals surface area contributed by atoms with Gasteiger partial charge in [0.15, 0.2) is 20.2 Å². The van der Waals surface area contributed by atoms with Crippen molar-refractivity contribution >= 4 is 14.4 Å². The molecule has 8 heteroatoms. The highest BCUT2D eigenvalue weighted by molar-refractivity contribution is 6.74. The van der Waals surface area contributed by atoms with Crippen LogP contribution in [0.15, 0.2) is 0 Å². The number of hydrogen-bond donors (Lipinski definition) is 0. The van der Waals surface area contributed by atoms with Crippen LogP contribution in [0.2, 0.25) is 18.1 Å². The number of fused-ring (bicyclic) bond motifs is 1. The minimum absolute atomic E-state index is 0.00459. The van der Waals surface area contributed by atoms with E-state index >= 15 is 0 Å². The molecule has 4 atom stereocenters. The molecule has 7 nitrogen and oxygen atoms in total. The molecule has 1 spiro atoms. The van der Waals surface area contributed by atoms with E-state index in [0.717, 1.165) is 0 Å².